The van der Waals surface area contributed by atoms with Crippen LogP contribution in [0.1, 0.15) is 60.0 Å². The molecule has 7 nitrogen and oxygen atoms in total. The van der Waals surface area contributed by atoms with Gasteiger partial charge in [0, 0.05) is 24.3 Å². The molecule has 0 bridgehead atoms. The highest BCUT2D eigenvalue weighted by atomic mass is 16.5. The molecule has 0 aliphatic heterocycles. The van der Waals surface area contributed by atoms with Crippen molar-refractivity contribution in [3.63, 3.8) is 0 Å². The minimum Gasteiger partial charge on any atom is -0.497 e. The van der Waals surface area contributed by atoms with E-state index in [4.69, 9.17) is 9.47 Å². The summed E-state index contributed by atoms with van der Waals surface area (Å²) in [6.07, 6.45) is 6.52. The van der Waals surface area contributed by atoms with Crippen LogP contribution < -0.4 is 25.4 Å². The molecule has 35 heavy (non-hydrogen) atoms. The number of carbonyl (C=O) groups excluding carboxylic acids is 2. The smallest absolute Gasteiger partial charge is 0.251 e. The number of methoxy groups -OCH3 is 2. The van der Waals surface area contributed by atoms with Crippen LogP contribution in [0.4, 0.5) is 5.69 Å². The molecule has 7 heteroatoms. The van der Waals surface area contributed by atoms with Gasteiger partial charge >= 0.3 is 0 Å². The van der Waals surface area contributed by atoms with Crippen LogP contribution in [-0.4, -0.2) is 45.2 Å². The minimum atomic E-state index is -0.561. The van der Waals surface area contributed by atoms with Crippen molar-refractivity contribution in [3.8, 4) is 11.5 Å². The number of amides is 2. The summed E-state index contributed by atoms with van der Waals surface area (Å²) in [5.41, 5.74) is 3.30. The lowest BCUT2D eigenvalue weighted by molar-refractivity contribution is -0.123. The maximum absolute atomic E-state index is 13.1. The lowest BCUT2D eigenvalue weighted by Gasteiger charge is -2.27. The van der Waals surface area contributed by atoms with E-state index >= 15 is 0 Å². The van der Waals surface area contributed by atoms with E-state index in [0.29, 0.717) is 31.0 Å². The molecular weight excluding hydrogens is 442 g/mol. The Labute approximate surface area is 209 Å². The normalized spacial score (nSPS) is 14.6. The minimum absolute atomic E-state index is 0.137. The quantitative estimate of drug-likeness (QED) is 0.408. The van der Waals surface area contributed by atoms with E-state index < -0.39 is 6.04 Å². The van der Waals surface area contributed by atoms with Gasteiger partial charge in [0.15, 0.2) is 0 Å². The lowest BCUT2D eigenvalue weighted by Crippen LogP contribution is -2.48. The SMILES string of the molecule is COc1ccc(NCCNC(=O)[C@H](CC2CCCCC2)NC(=O)c2cc(C)c(OC)c(C)c2)cc1. The van der Waals surface area contributed by atoms with E-state index in [1.807, 2.05) is 50.2 Å². The summed E-state index contributed by atoms with van der Waals surface area (Å²) in [5.74, 6) is 1.67. The van der Waals surface area contributed by atoms with E-state index in [0.717, 1.165) is 41.2 Å². The largest absolute Gasteiger partial charge is 0.497 e. The number of anilines is 1. The van der Waals surface area contributed by atoms with Gasteiger partial charge in [-0.25, -0.2) is 0 Å². The highest BCUT2D eigenvalue weighted by Gasteiger charge is 2.26. The Bertz CT molecular complexity index is 961. The molecule has 0 heterocycles. The molecule has 2 aromatic carbocycles. The topological polar surface area (TPSA) is 88.7 Å². The first-order valence-corrected chi connectivity index (χ1v) is 12.5. The Kier molecular flexibility index (Phi) is 9.82. The molecule has 1 aliphatic rings. The third kappa shape index (κ3) is 7.64. The first-order chi connectivity index (χ1) is 16.9. The zero-order valence-corrected chi connectivity index (χ0v) is 21.4. The average Bonchev–Trinajstić information content (AvgIpc) is 2.86. The van der Waals surface area contributed by atoms with Crippen molar-refractivity contribution < 1.29 is 19.1 Å². The van der Waals surface area contributed by atoms with Gasteiger partial charge in [0.2, 0.25) is 5.91 Å². The number of carbonyl (C=O) groups is 2. The third-order valence-corrected chi connectivity index (χ3v) is 6.69. The molecule has 0 spiro atoms. The number of aryl methyl sites for hydroxylation is 2. The van der Waals surface area contributed by atoms with Gasteiger partial charge in [-0.1, -0.05) is 32.1 Å². The van der Waals surface area contributed by atoms with E-state index in [9.17, 15) is 9.59 Å². The fraction of sp³-hybridized carbons (Fsp3) is 0.500. The van der Waals surface area contributed by atoms with Gasteiger partial charge < -0.3 is 25.4 Å². The second-order valence-corrected chi connectivity index (χ2v) is 9.36. The second-order valence-electron chi connectivity index (χ2n) is 9.36. The predicted molar refractivity (Wildman–Crippen MR) is 139 cm³/mol. The number of hydrogen-bond donors (Lipinski definition) is 3. The van der Waals surface area contributed by atoms with Crippen molar-refractivity contribution in [2.45, 2.75) is 58.4 Å². The standard InChI is InChI=1S/C28H39N3O4/c1-19-16-22(17-20(2)26(19)35-4)27(32)31-25(18-21-8-6-5-7-9-21)28(33)30-15-14-29-23-10-12-24(34-3)13-11-23/h10-13,16-17,21,25,29H,5-9,14-15,18H2,1-4H3,(H,30,33)(H,31,32)/t25-/m0/s1. The Morgan fingerprint density at radius 3 is 2.20 bits per heavy atom. The van der Waals surface area contributed by atoms with Crippen molar-refractivity contribution in [3.05, 3.63) is 53.1 Å². The zero-order valence-electron chi connectivity index (χ0n) is 21.4. The van der Waals surface area contributed by atoms with Crippen molar-refractivity contribution in [1.82, 2.24) is 10.6 Å². The molecule has 2 amide bonds. The maximum Gasteiger partial charge on any atom is 0.251 e. The third-order valence-electron chi connectivity index (χ3n) is 6.69. The molecule has 1 saturated carbocycles. The van der Waals surface area contributed by atoms with Crippen molar-refractivity contribution in [2.75, 3.05) is 32.6 Å². The Morgan fingerprint density at radius 1 is 0.943 bits per heavy atom. The monoisotopic (exact) mass is 481 g/mol. The molecule has 1 atom stereocenters. The summed E-state index contributed by atoms with van der Waals surface area (Å²) >= 11 is 0. The summed E-state index contributed by atoms with van der Waals surface area (Å²) in [7, 11) is 3.26. The van der Waals surface area contributed by atoms with Crippen LogP contribution in [0.3, 0.4) is 0 Å². The molecule has 0 aromatic heterocycles. The maximum atomic E-state index is 13.1. The highest BCUT2D eigenvalue weighted by molar-refractivity contribution is 5.98. The molecule has 1 fully saturated rings. The van der Waals surface area contributed by atoms with Gasteiger partial charge in [-0.3, -0.25) is 9.59 Å². The fourth-order valence-corrected chi connectivity index (χ4v) is 4.86. The van der Waals surface area contributed by atoms with Gasteiger partial charge in [0.05, 0.1) is 14.2 Å². The first-order valence-electron chi connectivity index (χ1n) is 12.5. The molecule has 0 saturated heterocycles. The Hall–Kier alpha value is -3.22. The fourth-order valence-electron chi connectivity index (χ4n) is 4.86. The van der Waals surface area contributed by atoms with Crippen molar-refractivity contribution in [1.29, 1.82) is 0 Å². The number of benzene rings is 2. The Balaban J connectivity index is 1.60. The first kappa shape index (κ1) is 26.4. The number of rotatable bonds is 11. The van der Waals surface area contributed by atoms with Crippen LogP contribution in [0.2, 0.25) is 0 Å². The molecule has 190 valence electrons. The summed E-state index contributed by atoms with van der Waals surface area (Å²) in [5, 5.41) is 9.31. The van der Waals surface area contributed by atoms with E-state index in [1.165, 1.54) is 19.3 Å². The summed E-state index contributed by atoms with van der Waals surface area (Å²) in [6.45, 7) is 4.89. The van der Waals surface area contributed by atoms with Gasteiger partial charge in [-0.15, -0.1) is 0 Å². The van der Waals surface area contributed by atoms with Crippen LogP contribution in [0, 0.1) is 19.8 Å². The van der Waals surface area contributed by atoms with Crippen LogP contribution in [0.15, 0.2) is 36.4 Å². The van der Waals surface area contributed by atoms with Crippen LogP contribution >= 0.6 is 0 Å². The van der Waals surface area contributed by atoms with Gasteiger partial charge in [0.25, 0.3) is 5.91 Å². The van der Waals surface area contributed by atoms with E-state index in [2.05, 4.69) is 16.0 Å². The van der Waals surface area contributed by atoms with Crippen LogP contribution in [0.5, 0.6) is 11.5 Å². The molecule has 3 N–H and O–H groups in total. The van der Waals surface area contributed by atoms with E-state index in [1.54, 1.807) is 14.2 Å². The number of nitrogens with one attached hydrogen (secondary N) is 3. The number of hydrogen-bond acceptors (Lipinski definition) is 5. The van der Waals surface area contributed by atoms with Gasteiger partial charge in [-0.2, -0.15) is 0 Å². The summed E-state index contributed by atoms with van der Waals surface area (Å²) in [4.78, 5) is 26.2. The Morgan fingerprint density at radius 2 is 1.60 bits per heavy atom. The summed E-state index contributed by atoms with van der Waals surface area (Å²) < 4.78 is 10.6. The number of ether oxygens (including phenoxy) is 2. The van der Waals surface area contributed by atoms with Gasteiger partial charge in [-0.05, 0) is 73.7 Å². The molecule has 3 rings (SSSR count). The highest BCUT2D eigenvalue weighted by Crippen LogP contribution is 2.28. The zero-order chi connectivity index (χ0) is 25.2. The molecular formula is C28H39N3O4. The molecule has 2 aromatic rings. The van der Waals surface area contributed by atoms with E-state index in [-0.39, 0.29) is 11.8 Å². The predicted octanol–water partition coefficient (Wildman–Crippen LogP) is 4.62. The van der Waals surface area contributed by atoms with Crippen molar-refractivity contribution in [2.24, 2.45) is 5.92 Å². The molecule has 0 unspecified atom stereocenters. The second kappa shape index (κ2) is 13.0. The average molecular weight is 482 g/mol. The summed E-state index contributed by atoms with van der Waals surface area (Å²) in [6, 6.07) is 10.7. The molecule has 1 aliphatic carbocycles. The molecule has 0 radical (unpaired) electrons. The van der Waals surface area contributed by atoms with Gasteiger partial charge in [0.1, 0.15) is 17.5 Å². The lowest BCUT2D eigenvalue weighted by atomic mass is 9.84. The van der Waals surface area contributed by atoms with Crippen molar-refractivity contribution >= 4 is 17.5 Å². The van der Waals surface area contributed by atoms with Crippen LogP contribution in [-0.2, 0) is 4.79 Å². The van der Waals surface area contributed by atoms with Crippen LogP contribution in [0.25, 0.3) is 0 Å².